The first kappa shape index (κ1) is 13.9. The minimum Gasteiger partial charge on any atom is -0.497 e. The monoisotopic (exact) mass is 272 g/mol. The number of benzene rings is 2. The third kappa shape index (κ3) is 2.59. The molecule has 4 nitrogen and oxygen atoms in total. The van der Waals surface area contributed by atoms with Gasteiger partial charge < -0.3 is 14.2 Å². The van der Waals surface area contributed by atoms with Gasteiger partial charge in [-0.3, -0.25) is 4.79 Å². The lowest BCUT2D eigenvalue weighted by molar-refractivity contribution is 0.112. The van der Waals surface area contributed by atoms with Crippen molar-refractivity contribution in [2.45, 2.75) is 0 Å². The summed E-state index contributed by atoms with van der Waals surface area (Å²) in [5, 5.41) is 0. The fourth-order valence-electron chi connectivity index (χ4n) is 2.01. The molecule has 0 unspecified atom stereocenters. The first-order valence-electron chi connectivity index (χ1n) is 6.09. The molecule has 0 spiro atoms. The number of hydrogen-bond acceptors (Lipinski definition) is 4. The van der Waals surface area contributed by atoms with Gasteiger partial charge in [-0.2, -0.15) is 0 Å². The SMILES string of the molecule is COc1ccc(-c2cc(OC)c(OC)cc2C=O)cc1. The van der Waals surface area contributed by atoms with Crippen LogP contribution in [0.25, 0.3) is 11.1 Å². The number of methoxy groups -OCH3 is 3. The van der Waals surface area contributed by atoms with E-state index in [1.165, 1.54) is 0 Å². The smallest absolute Gasteiger partial charge is 0.161 e. The number of carbonyl (C=O) groups excluding carboxylic acids is 1. The molecule has 0 aromatic heterocycles. The summed E-state index contributed by atoms with van der Waals surface area (Å²) in [7, 11) is 4.72. The number of aldehydes is 1. The van der Waals surface area contributed by atoms with Gasteiger partial charge in [-0.05, 0) is 35.4 Å². The average Bonchev–Trinajstić information content (AvgIpc) is 2.53. The van der Waals surface area contributed by atoms with Gasteiger partial charge in [-0.1, -0.05) is 12.1 Å². The number of rotatable bonds is 5. The van der Waals surface area contributed by atoms with Crippen LogP contribution in [-0.4, -0.2) is 27.6 Å². The first-order valence-corrected chi connectivity index (χ1v) is 6.09. The number of ether oxygens (including phenoxy) is 3. The Morgan fingerprint density at radius 1 is 0.850 bits per heavy atom. The molecule has 0 heterocycles. The molecular weight excluding hydrogens is 256 g/mol. The molecule has 0 aliphatic heterocycles. The molecular formula is C16H16O4. The van der Waals surface area contributed by atoms with Crippen LogP contribution in [-0.2, 0) is 0 Å². The van der Waals surface area contributed by atoms with Crippen LogP contribution in [0.3, 0.4) is 0 Å². The second-order valence-corrected chi connectivity index (χ2v) is 4.14. The number of carbonyl (C=O) groups is 1. The van der Waals surface area contributed by atoms with E-state index in [0.717, 1.165) is 23.2 Å². The summed E-state index contributed by atoms with van der Waals surface area (Å²) < 4.78 is 15.6. The van der Waals surface area contributed by atoms with Gasteiger partial charge in [0.1, 0.15) is 5.75 Å². The second kappa shape index (κ2) is 6.10. The fraction of sp³-hybridized carbons (Fsp3) is 0.188. The molecule has 2 rings (SSSR count). The maximum absolute atomic E-state index is 11.3. The molecule has 0 atom stereocenters. The Kier molecular flexibility index (Phi) is 4.25. The van der Waals surface area contributed by atoms with Crippen molar-refractivity contribution in [2.75, 3.05) is 21.3 Å². The van der Waals surface area contributed by atoms with Gasteiger partial charge in [0.05, 0.1) is 21.3 Å². The molecule has 0 bridgehead atoms. The van der Waals surface area contributed by atoms with Crippen molar-refractivity contribution in [1.29, 1.82) is 0 Å². The van der Waals surface area contributed by atoms with Crippen LogP contribution in [0.2, 0.25) is 0 Å². The molecule has 20 heavy (non-hydrogen) atoms. The number of hydrogen-bond donors (Lipinski definition) is 0. The molecule has 0 aliphatic rings. The standard InChI is InChI=1S/C16H16O4/c1-18-13-6-4-11(5-7-13)14-9-16(20-3)15(19-2)8-12(14)10-17/h4-10H,1-3H3. The van der Waals surface area contributed by atoms with Crippen LogP contribution < -0.4 is 14.2 Å². The molecule has 0 saturated heterocycles. The van der Waals surface area contributed by atoms with E-state index in [1.54, 1.807) is 33.5 Å². The minimum absolute atomic E-state index is 0.534. The predicted molar refractivity (Wildman–Crippen MR) is 76.9 cm³/mol. The summed E-state index contributed by atoms with van der Waals surface area (Å²) in [6, 6.07) is 11.0. The lowest BCUT2D eigenvalue weighted by Crippen LogP contribution is -1.95. The normalized spacial score (nSPS) is 9.95. The molecule has 2 aromatic rings. The Hall–Kier alpha value is -2.49. The topological polar surface area (TPSA) is 44.8 Å². The van der Waals surface area contributed by atoms with Crippen LogP contribution in [0, 0.1) is 0 Å². The molecule has 0 aliphatic carbocycles. The Morgan fingerprint density at radius 3 is 1.95 bits per heavy atom. The minimum atomic E-state index is 0.534. The zero-order chi connectivity index (χ0) is 14.5. The Labute approximate surface area is 117 Å². The van der Waals surface area contributed by atoms with E-state index in [4.69, 9.17) is 14.2 Å². The van der Waals surface area contributed by atoms with Crippen molar-refractivity contribution < 1.29 is 19.0 Å². The van der Waals surface area contributed by atoms with Crippen LogP contribution in [0.1, 0.15) is 10.4 Å². The summed E-state index contributed by atoms with van der Waals surface area (Å²) in [6.45, 7) is 0. The second-order valence-electron chi connectivity index (χ2n) is 4.14. The van der Waals surface area contributed by atoms with E-state index >= 15 is 0 Å². The summed E-state index contributed by atoms with van der Waals surface area (Å²) >= 11 is 0. The van der Waals surface area contributed by atoms with E-state index in [2.05, 4.69) is 0 Å². The highest BCUT2D eigenvalue weighted by molar-refractivity contribution is 5.89. The third-order valence-electron chi connectivity index (χ3n) is 3.08. The van der Waals surface area contributed by atoms with Crippen molar-refractivity contribution in [3.05, 3.63) is 42.0 Å². The van der Waals surface area contributed by atoms with Crippen molar-refractivity contribution in [1.82, 2.24) is 0 Å². The van der Waals surface area contributed by atoms with Crippen LogP contribution in [0.5, 0.6) is 17.2 Å². The zero-order valence-corrected chi connectivity index (χ0v) is 11.7. The van der Waals surface area contributed by atoms with Gasteiger partial charge in [-0.15, -0.1) is 0 Å². The molecule has 0 N–H and O–H groups in total. The van der Waals surface area contributed by atoms with Gasteiger partial charge in [-0.25, -0.2) is 0 Å². The van der Waals surface area contributed by atoms with Gasteiger partial charge in [0.15, 0.2) is 17.8 Å². The third-order valence-corrected chi connectivity index (χ3v) is 3.08. The van der Waals surface area contributed by atoms with E-state index in [-0.39, 0.29) is 0 Å². The average molecular weight is 272 g/mol. The van der Waals surface area contributed by atoms with Crippen molar-refractivity contribution in [3.8, 4) is 28.4 Å². The largest absolute Gasteiger partial charge is 0.497 e. The van der Waals surface area contributed by atoms with Gasteiger partial charge >= 0.3 is 0 Å². The fourth-order valence-corrected chi connectivity index (χ4v) is 2.01. The van der Waals surface area contributed by atoms with Crippen molar-refractivity contribution in [2.24, 2.45) is 0 Å². The summed E-state index contributed by atoms with van der Waals surface area (Å²) in [6.07, 6.45) is 0.807. The van der Waals surface area contributed by atoms with Gasteiger partial charge in [0.25, 0.3) is 0 Å². The van der Waals surface area contributed by atoms with Crippen LogP contribution >= 0.6 is 0 Å². The highest BCUT2D eigenvalue weighted by atomic mass is 16.5. The van der Waals surface area contributed by atoms with Crippen molar-refractivity contribution in [3.63, 3.8) is 0 Å². The zero-order valence-electron chi connectivity index (χ0n) is 11.7. The molecule has 4 heteroatoms. The Bertz CT molecular complexity index is 603. The lowest BCUT2D eigenvalue weighted by Gasteiger charge is -2.12. The predicted octanol–water partition coefficient (Wildman–Crippen LogP) is 3.19. The highest BCUT2D eigenvalue weighted by Crippen LogP contribution is 2.35. The van der Waals surface area contributed by atoms with E-state index in [0.29, 0.717) is 17.1 Å². The molecule has 0 fully saturated rings. The highest BCUT2D eigenvalue weighted by Gasteiger charge is 2.12. The van der Waals surface area contributed by atoms with Gasteiger partial charge in [0, 0.05) is 5.56 Å². The van der Waals surface area contributed by atoms with E-state index in [9.17, 15) is 4.79 Å². The molecule has 0 amide bonds. The summed E-state index contributed by atoms with van der Waals surface area (Å²) in [4.78, 5) is 11.3. The van der Waals surface area contributed by atoms with E-state index < -0.39 is 0 Å². The molecule has 2 aromatic carbocycles. The molecule has 0 radical (unpaired) electrons. The maximum atomic E-state index is 11.3. The lowest BCUT2D eigenvalue weighted by atomic mass is 9.99. The Balaban J connectivity index is 2.55. The summed E-state index contributed by atoms with van der Waals surface area (Å²) in [5.41, 5.74) is 2.25. The summed E-state index contributed by atoms with van der Waals surface area (Å²) in [5.74, 6) is 1.89. The van der Waals surface area contributed by atoms with Crippen molar-refractivity contribution >= 4 is 6.29 Å². The quantitative estimate of drug-likeness (QED) is 0.784. The molecule has 104 valence electrons. The van der Waals surface area contributed by atoms with Crippen LogP contribution in [0.15, 0.2) is 36.4 Å². The Morgan fingerprint density at radius 2 is 1.45 bits per heavy atom. The van der Waals surface area contributed by atoms with E-state index in [1.807, 2.05) is 24.3 Å². The maximum Gasteiger partial charge on any atom is 0.161 e. The van der Waals surface area contributed by atoms with Gasteiger partial charge in [0.2, 0.25) is 0 Å². The van der Waals surface area contributed by atoms with Crippen LogP contribution in [0.4, 0.5) is 0 Å². The molecule has 0 saturated carbocycles. The first-order chi connectivity index (χ1) is 9.73.